The highest BCUT2D eigenvalue weighted by Crippen LogP contribution is 2.49. The number of hydrogen-bond donors (Lipinski definition) is 1. The molecular formula is C31H25NO9. The number of rotatable bonds is 6. The Bertz CT molecular complexity index is 1840. The van der Waals surface area contributed by atoms with Crippen molar-refractivity contribution in [2.45, 2.75) is 12.3 Å². The maximum Gasteiger partial charge on any atom is 0.312 e. The van der Waals surface area contributed by atoms with E-state index in [1.54, 1.807) is 61.7 Å². The summed E-state index contributed by atoms with van der Waals surface area (Å²) in [5.41, 5.74) is 1.87. The highest BCUT2D eigenvalue weighted by Gasteiger charge is 2.39. The summed E-state index contributed by atoms with van der Waals surface area (Å²) >= 11 is 0. The van der Waals surface area contributed by atoms with E-state index in [9.17, 15) is 14.4 Å². The van der Waals surface area contributed by atoms with Gasteiger partial charge in [0.15, 0.2) is 17.3 Å². The van der Waals surface area contributed by atoms with Crippen molar-refractivity contribution >= 4 is 28.7 Å². The van der Waals surface area contributed by atoms with E-state index < -0.39 is 11.9 Å². The SMILES string of the molecule is COc1ccc2[nH]c(=O)c([C@H]3CC(=O)Oc4ccc5c(c43)O/C(=C\c3cc(OC)c(OC)cc3OC)C5=O)cc2c1. The van der Waals surface area contributed by atoms with Crippen molar-refractivity contribution in [3.05, 3.63) is 86.9 Å². The summed E-state index contributed by atoms with van der Waals surface area (Å²) in [6, 6.07) is 13.4. The van der Waals surface area contributed by atoms with Gasteiger partial charge in [0.25, 0.3) is 5.56 Å². The number of aromatic amines is 1. The number of carbonyl (C=O) groups is 2. The molecule has 0 saturated carbocycles. The Morgan fingerprint density at radius 1 is 0.829 bits per heavy atom. The normalized spacial score (nSPS) is 16.6. The second-order valence-electron chi connectivity index (χ2n) is 9.48. The summed E-state index contributed by atoms with van der Waals surface area (Å²) in [6.45, 7) is 0. The Balaban J connectivity index is 1.48. The van der Waals surface area contributed by atoms with E-state index in [4.69, 9.17) is 28.4 Å². The maximum absolute atomic E-state index is 13.5. The van der Waals surface area contributed by atoms with Gasteiger partial charge in [0.1, 0.15) is 23.0 Å². The van der Waals surface area contributed by atoms with Crippen LogP contribution in [0.5, 0.6) is 34.5 Å². The van der Waals surface area contributed by atoms with Gasteiger partial charge < -0.3 is 33.4 Å². The smallest absolute Gasteiger partial charge is 0.312 e. The number of Topliss-reactive ketones (excluding diaryl/α,β-unsaturated/α-hetero) is 1. The van der Waals surface area contributed by atoms with Crippen molar-refractivity contribution in [1.29, 1.82) is 0 Å². The molecule has 1 N–H and O–H groups in total. The number of nitrogens with one attached hydrogen (secondary N) is 1. The Morgan fingerprint density at radius 2 is 1.59 bits per heavy atom. The number of pyridine rings is 1. The number of aromatic nitrogens is 1. The molecule has 6 rings (SSSR count). The monoisotopic (exact) mass is 555 g/mol. The molecule has 0 unspecified atom stereocenters. The van der Waals surface area contributed by atoms with Crippen LogP contribution >= 0.6 is 0 Å². The third-order valence-electron chi connectivity index (χ3n) is 7.26. The zero-order chi connectivity index (χ0) is 28.8. The van der Waals surface area contributed by atoms with Gasteiger partial charge in [-0.2, -0.15) is 0 Å². The average Bonchev–Trinajstić information content (AvgIpc) is 3.30. The van der Waals surface area contributed by atoms with Crippen LogP contribution in [0, 0.1) is 0 Å². The van der Waals surface area contributed by atoms with Crippen LogP contribution in [0.4, 0.5) is 0 Å². The molecule has 3 aromatic carbocycles. The van der Waals surface area contributed by atoms with Gasteiger partial charge in [0, 0.05) is 39.6 Å². The second-order valence-corrected chi connectivity index (χ2v) is 9.48. The molecule has 1 aromatic heterocycles. The van der Waals surface area contributed by atoms with E-state index in [-0.39, 0.29) is 40.6 Å². The zero-order valence-corrected chi connectivity index (χ0v) is 22.7. The second kappa shape index (κ2) is 10.1. The Hall–Kier alpha value is -5.25. The Labute approximate surface area is 234 Å². The molecule has 0 aliphatic carbocycles. The molecule has 3 heterocycles. The van der Waals surface area contributed by atoms with Crippen LogP contribution in [-0.2, 0) is 4.79 Å². The number of H-pyrrole nitrogens is 1. The fourth-order valence-corrected chi connectivity index (χ4v) is 5.27. The van der Waals surface area contributed by atoms with E-state index in [0.717, 1.165) is 5.39 Å². The van der Waals surface area contributed by atoms with E-state index in [1.807, 2.05) is 0 Å². The zero-order valence-electron chi connectivity index (χ0n) is 22.7. The molecule has 0 spiro atoms. The van der Waals surface area contributed by atoms with Gasteiger partial charge in [-0.3, -0.25) is 14.4 Å². The first-order valence-electron chi connectivity index (χ1n) is 12.7. The predicted molar refractivity (Wildman–Crippen MR) is 149 cm³/mol. The number of allylic oxidation sites excluding steroid dienone is 1. The molecule has 4 aromatic rings. The third kappa shape index (κ3) is 4.33. The molecule has 2 aliphatic rings. The van der Waals surface area contributed by atoms with Gasteiger partial charge in [-0.1, -0.05) is 0 Å². The van der Waals surface area contributed by atoms with E-state index in [0.29, 0.717) is 45.2 Å². The van der Waals surface area contributed by atoms with Crippen LogP contribution in [0.2, 0.25) is 0 Å². The molecule has 0 fully saturated rings. The summed E-state index contributed by atoms with van der Waals surface area (Å²) in [5, 5.41) is 0.727. The molecule has 0 amide bonds. The lowest BCUT2D eigenvalue weighted by Gasteiger charge is -2.26. The summed E-state index contributed by atoms with van der Waals surface area (Å²) in [4.78, 5) is 42.3. The number of esters is 1. The van der Waals surface area contributed by atoms with Crippen molar-refractivity contribution in [2.24, 2.45) is 0 Å². The molecule has 1 atom stereocenters. The van der Waals surface area contributed by atoms with Gasteiger partial charge >= 0.3 is 5.97 Å². The number of ketones is 1. The minimum absolute atomic E-state index is 0.0340. The standard InChI is InChI=1S/C31H25NO9/c1-36-17-5-7-21-15(9-17)10-20(31(35)32-21)19-13-27(33)40-22-8-6-18-29(34)26(41-30(18)28(19)22)12-16-11-24(38-3)25(39-4)14-23(16)37-2/h5-12,14,19H,13H2,1-4H3,(H,32,35)/b26-12-/t19-/m1/s1. The number of methoxy groups -OCH3 is 4. The van der Waals surface area contributed by atoms with E-state index >= 15 is 0 Å². The Morgan fingerprint density at radius 3 is 2.32 bits per heavy atom. The molecule has 208 valence electrons. The van der Waals surface area contributed by atoms with E-state index in [1.165, 1.54) is 21.3 Å². The predicted octanol–water partition coefficient (Wildman–Crippen LogP) is 4.62. The highest BCUT2D eigenvalue weighted by molar-refractivity contribution is 6.15. The summed E-state index contributed by atoms with van der Waals surface area (Å²) in [5.74, 6) is 0.882. The van der Waals surface area contributed by atoms with Gasteiger partial charge in [0.05, 0.1) is 40.4 Å². The molecular weight excluding hydrogens is 530 g/mol. The van der Waals surface area contributed by atoms with Crippen LogP contribution in [0.15, 0.2) is 59.1 Å². The Kier molecular flexibility index (Phi) is 6.37. The number of ether oxygens (including phenoxy) is 6. The van der Waals surface area contributed by atoms with Crippen LogP contribution in [0.25, 0.3) is 17.0 Å². The van der Waals surface area contributed by atoms with Crippen molar-refractivity contribution in [2.75, 3.05) is 28.4 Å². The highest BCUT2D eigenvalue weighted by atomic mass is 16.5. The first-order chi connectivity index (χ1) is 19.8. The van der Waals surface area contributed by atoms with Crippen LogP contribution in [0.1, 0.15) is 39.4 Å². The van der Waals surface area contributed by atoms with Gasteiger partial charge in [0.2, 0.25) is 5.78 Å². The lowest BCUT2D eigenvalue weighted by atomic mass is 9.85. The lowest BCUT2D eigenvalue weighted by Crippen LogP contribution is -2.26. The molecule has 41 heavy (non-hydrogen) atoms. The minimum Gasteiger partial charge on any atom is -0.497 e. The lowest BCUT2D eigenvalue weighted by molar-refractivity contribution is -0.135. The fourth-order valence-electron chi connectivity index (χ4n) is 5.27. The van der Waals surface area contributed by atoms with Crippen LogP contribution in [-0.4, -0.2) is 45.2 Å². The number of hydrogen-bond acceptors (Lipinski definition) is 9. The first kappa shape index (κ1) is 26.0. The number of benzene rings is 3. The topological polar surface area (TPSA) is 122 Å². The molecule has 10 nitrogen and oxygen atoms in total. The van der Waals surface area contributed by atoms with Crippen molar-refractivity contribution in [1.82, 2.24) is 4.98 Å². The average molecular weight is 556 g/mol. The van der Waals surface area contributed by atoms with E-state index in [2.05, 4.69) is 4.98 Å². The summed E-state index contributed by atoms with van der Waals surface area (Å²) in [6.07, 6.45) is 1.44. The summed E-state index contributed by atoms with van der Waals surface area (Å²) < 4.78 is 33.3. The van der Waals surface area contributed by atoms with Gasteiger partial charge in [-0.05, 0) is 48.5 Å². The fraction of sp³-hybridized carbons (Fsp3) is 0.194. The maximum atomic E-state index is 13.5. The minimum atomic E-state index is -0.719. The first-order valence-corrected chi connectivity index (χ1v) is 12.7. The quantitative estimate of drug-likeness (QED) is 0.206. The molecule has 0 radical (unpaired) electrons. The summed E-state index contributed by atoms with van der Waals surface area (Å²) in [7, 11) is 6.08. The van der Waals surface area contributed by atoms with Crippen molar-refractivity contribution < 1.29 is 38.0 Å². The molecule has 0 saturated heterocycles. The van der Waals surface area contributed by atoms with Gasteiger partial charge in [-0.25, -0.2) is 0 Å². The molecule has 0 bridgehead atoms. The van der Waals surface area contributed by atoms with Crippen molar-refractivity contribution in [3.63, 3.8) is 0 Å². The molecule has 10 heteroatoms. The number of fused-ring (bicyclic) bond motifs is 4. The van der Waals surface area contributed by atoms with Crippen LogP contribution in [0.3, 0.4) is 0 Å². The van der Waals surface area contributed by atoms with Crippen LogP contribution < -0.4 is 34.0 Å². The largest absolute Gasteiger partial charge is 0.497 e. The third-order valence-corrected chi connectivity index (χ3v) is 7.26. The van der Waals surface area contributed by atoms with Crippen molar-refractivity contribution in [3.8, 4) is 34.5 Å². The molecule has 2 aliphatic heterocycles. The van der Waals surface area contributed by atoms with Gasteiger partial charge in [-0.15, -0.1) is 0 Å². The number of carbonyl (C=O) groups excluding carboxylic acids is 2.